The first kappa shape index (κ1) is 16.6. The number of ether oxygens (including phenoxy) is 1. The molecule has 0 aliphatic carbocycles. The average Bonchev–Trinajstić information content (AvgIpc) is 2.35. The van der Waals surface area contributed by atoms with Crippen LogP contribution in [0.4, 0.5) is 5.69 Å². The molecular weight excluding hydrogens is 326 g/mol. The molecule has 1 aromatic carbocycles. The third-order valence-electron chi connectivity index (χ3n) is 2.97. The van der Waals surface area contributed by atoms with Crippen molar-refractivity contribution in [2.45, 2.75) is 12.8 Å². The Kier molecular flexibility index (Phi) is 4.66. The summed E-state index contributed by atoms with van der Waals surface area (Å²) in [5.74, 6) is 4.51. The molecule has 0 aromatic heterocycles. The van der Waals surface area contributed by atoms with E-state index >= 15 is 0 Å². The summed E-state index contributed by atoms with van der Waals surface area (Å²) in [6.45, 7) is 0.409. The van der Waals surface area contributed by atoms with Crippen molar-refractivity contribution in [1.82, 2.24) is 0 Å². The van der Waals surface area contributed by atoms with Gasteiger partial charge >= 0.3 is 10.2 Å². The van der Waals surface area contributed by atoms with Crippen molar-refractivity contribution in [3.8, 4) is 5.75 Å². The lowest BCUT2D eigenvalue weighted by Crippen LogP contribution is -2.27. The van der Waals surface area contributed by atoms with Gasteiger partial charge in [0.1, 0.15) is 5.75 Å². The molecule has 1 heterocycles. The van der Waals surface area contributed by atoms with Crippen LogP contribution in [-0.2, 0) is 19.7 Å². The van der Waals surface area contributed by atoms with Gasteiger partial charge in [-0.25, -0.2) is 0 Å². The highest BCUT2D eigenvalue weighted by atomic mass is 32.2. The van der Waals surface area contributed by atoms with E-state index in [1.165, 1.54) is 0 Å². The van der Waals surface area contributed by atoms with Crippen LogP contribution in [0.15, 0.2) is 22.6 Å². The summed E-state index contributed by atoms with van der Waals surface area (Å²) in [5, 5.41) is 0. The third kappa shape index (κ3) is 4.38. The maximum atomic E-state index is 11.5. The predicted octanol–water partition coefficient (Wildman–Crippen LogP) is 0.567. The molecule has 0 bridgehead atoms. The van der Waals surface area contributed by atoms with E-state index in [0.29, 0.717) is 35.8 Å². The Hall–Kier alpha value is -1.74. The maximum Gasteiger partial charge on any atom is 0.344 e. The van der Waals surface area contributed by atoms with E-state index in [9.17, 15) is 12.6 Å². The maximum absolute atomic E-state index is 11.5. The Morgan fingerprint density at radius 3 is 2.82 bits per heavy atom. The second kappa shape index (κ2) is 6.17. The number of anilines is 1. The topological polar surface area (TPSA) is 111 Å². The number of unbranched alkanes of at least 4 members (excludes halogenated alkanes) is 1. The molecule has 9 heteroatoms. The van der Waals surface area contributed by atoms with Gasteiger partial charge < -0.3 is 10.5 Å². The van der Waals surface area contributed by atoms with Gasteiger partial charge in [0.25, 0.3) is 0 Å². The lowest BCUT2D eigenvalue weighted by atomic mass is 10.1. The van der Waals surface area contributed by atoms with E-state index in [0.717, 1.165) is 6.42 Å². The third-order valence-corrected chi connectivity index (χ3v) is 5.04. The largest absolute Gasteiger partial charge is 0.493 e. The normalized spacial score (nSPS) is 18.5. The summed E-state index contributed by atoms with van der Waals surface area (Å²) in [6, 6.07) is 4.96. The summed E-state index contributed by atoms with van der Waals surface area (Å²) < 4.78 is 45.8. The highest BCUT2D eigenvalue weighted by Crippen LogP contribution is 2.30. The van der Waals surface area contributed by atoms with Gasteiger partial charge in [-0.15, -0.1) is 4.40 Å². The molecule has 0 amide bonds. The van der Waals surface area contributed by atoms with Crippen molar-refractivity contribution >= 4 is 37.1 Å². The Bertz CT molecular complexity index is 799. The number of hydrogen-bond acceptors (Lipinski definition) is 5. The van der Waals surface area contributed by atoms with Crippen molar-refractivity contribution in [2.24, 2.45) is 10.1 Å². The molecule has 7 nitrogen and oxygen atoms in total. The van der Waals surface area contributed by atoms with Crippen LogP contribution in [0, 0.1) is 0 Å². The number of amidine groups is 1. The number of fused-ring (bicyclic) bond motifs is 1. The van der Waals surface area contributed by atoms with Crippen molar-refractivity contribution < 1.29 is 17.4 Å². The molecule has 0 radical (unpaired) electrons. The quantitative estimate of drug-likeness (QED) is 0.578. The van der Waals surface area contributed by atoms with Crippen LogP contribution >= 0.6 is 0 Å². The van der Waals surface area contributed by atoms with Gasteiger partial charge in [0.15, 0.2) is 5.84 Å². The SMILES string of the molecule is C=S(C)(=O)CCCCOc1cccc2c1C(N)=NS(=O)(=O)N2. The van der Waals surface area contributed by atoms with Gasteiger partial charge in [-0.1, -0.05) is 6.07 Å². The van der Waals surface area contributed by atoms with Crippen molar-refractivity contribution in [3.63, 3.8) is 0 Å². The zero-order valence-corrected chi connectivity index (χ0v) is 13.9. The minimum atomic E-state index is -3.79. The molecule has 22 heavy (non-hydrogen) atoms. The second-order valence-electron chi connectivity index (χ2n) is 5.18. The summed E-state index contributed by atoms with van der Waals surface area (Å²) in [5.41, 5.74) is 6.50. The lowest BCUT2D eigenvalue weighted by Gasteiger charge is -2.19. The standard InChI is InChI=1S/C13H19N3O4S2/c1-21(2,17)9-4-3-8-20-11-7-5-6-10-12(11)13(14)16-22(18,19)15-10/h5-7,15H,1,3-4,8-9H2,2H3,(H2,14,16). The first-order chi connectivity index (χ1) is 10.2. The van der Waals surface area contributed by atoms with Crippen LogP contribution in [0.25, 0.3) is 0 Å². The van der Waals surface area contributed by atoms with Gasteiger partial charge in [-0.05, 0) is 40.4 Å². The Labute approximate surface area is 130 Å². The van der Waals surface area contributed by atoms with Crippen LogP contribution in [0.1, 0.15) is 18.4 Å². The van der Waals surface area contributed by atoms with Crippen LogP contribution in [-0.4, -0.2) is 42.9 Å². The molecule has 0 saturated carbocycles. The van der Waals surface area contributed by atoms with Gasteiger partial charge in [0.2, 0.25) is 0 Å². The fourth-order valence-corrected chi connectivity index (χ4v) is 3.69. The van der Waals surface area contributed by atoms with Gasteiger partial charge in [-0.2, -0.15) is 8.42 Å². The average molecular weight is 345 g/mol. The van der Waals surface area contributed by atoms with Gasteiger partial charge in [-0.3, -0.25) is 8.93 Å². The number of rotatable bonds is 6. The highest BCUT2D eigenvalue weighted by molar-refractivity contribution is 7.99. The Balaban J connectivity index is 2.05. The molecule has 1 atom stereocenters. The number of nitrogens with zero attached hydrogens (tertiary/aromatic N) is 1. The molecule has 3 N–H and O–H groups in total. The Morgan fingerprint density at radius 1 is 1.41 bits per heavy atom. The van der Waals surface area contributed by atoms with E-state index in [2.05, 4.69) is 15.0 Å². The molecule has 1 aliphatic rings. The highest BCUT2D eigenvalue weighted by Gasteiger charge is 2.24. The summed E-state index contributed by atoms with van der Waals surface area (Å²) >= 11 is 0. The number of nitrogens with one attached hydrogen (secondary N) is 1. The number of hydrogen-bond donors (Lipinski definition) is 2. The molecule has 1 aromatic rings. The minimum absolute atomic E-state index is 0.0984. The molecular formula is C13H19N3O4S2. The minimum Gasteiger partial charge on any atom is -0.493 e. The van der Waals surface area contributed by atoms with Crippen LogP contribution in [0.2, 0.25) is 0 Å². The van der Waals surface area contributed by atoms with Crippen LogP contribution in [0.3, 0.4) is 0 Å². The number of nitrogens with two attached hydrogens (primary N) is 1. The molecule has 1 aliphatic heterocycles. The van der Waals surface area contributed by atoms with E-state index in [-0.39, 0.29) is 5.84 Å². The molecule has 0 spiro atoms. The summed E-state index contributed by atoms with van der Waals surface area (Å²) in [7, 11) is -5.77. The molecule has 0 fully saturated rings. The van der Waals surface area contributed by atoms with E-state index in [1.54, 1.807) is 24.5 Å². The van der Waals surface area contributed by atoms with Crippen LogP contribution in [0.5, 0.6) is 5.75 Å². The molecule has 1 unspecified atom stereocenters. The summed E-state index contributed by atoms with van der Waals surface area (Å²) in [6.07, 6.45) is 3.08. The van der Waals surface area contributed by atoms with Crippen molar-refractivity contribution in [2.75, 3.05) is 23.3 Å². The fourth-order valence-electron chi connectivity index (χ4n) is 2.03. The van der Waals surface area contributed by atoms with Crippen LogP contribution < -0.4 is 15.2 Å². The van der Waals surface area contributed by atoms with E-state index < -0.39 is 19.7 Å². The fraction of sp³-hybridized carbons (Fsp3) is 0.385. The van der Waals surface area contributed by atoms with Crippen molar-refractivity contribution in [3.05, 3.63) is 23.8 Å². The molecule has 122 valence electrons. The number of benzene rings is 1. The van der Waals surface area contributed by atoms with E-state index in [1.807, 2.05) is 0 Å². The second-order valence-corrected chi connectivity index (χ2v) is 9.29. The monoisotopic (exact) mass is 345 g/mol. The summed E-state index contributed by atoms with van der Waals surface area (Å²) in [4.78, 5) is 0. The zero-order valence-electron chi connectivity index (χ0n) is 12.2. The molecule has 2 rings (SSSR count). The molecule has 0 saturated heterocycles. The zero-order chi connectivity index (χ0) is 16.4. The van der Waals surface area contributed by atoms with E-state index in [4.69, 9.17) is 10.5 Å². The van der Waals surface area contributed by atoms with Gasteiger partial charge in [0, 0.05) is 12.0 Å². The van der Waals surface area contributed by atoms with Gasteiger partial charge in [0.05, 0.1) is 17.9 Å². The lowest BCUT2D eigenvalue weighted by molar-refractivity contribution is 0.309. The first-order valence-corrected chi connectivity index (χ1v) is 10.4. The first-order valence-electron chi connectivity index (χ1n) is 6.62. The van der Waals surface area contributed by atoms with Crippen molar-refractivity contribution in [1.29, 1.82) is 0 Å². The smallest absolute Gasteiger partial charge is 0.344 e. The predicted molar refractivity (Wildman–Crippen MR) is 90.5 cm³/mol. The Morgan fingerprint density at radius 2 is 2.14 bits per heavy atom.